The first-order valence-electron chi connectivity index (χ1n) is 12.5. The van der Waals surface area contributed by atoms with Crippen molar-refractivity contribution >= 4 is 22.9 Å². The van der Waals surface area contributed by atoms with Crippen molar-refractivity contribution in [2.75, 3.05) is 18.9 Å². The lowest BCUT2D eigenvalue weighted by atomic mass is 10.0. The molecule has 1 fully saturated rings. The second-order valence-corrected chi connectivity index (χ2v) is 8.62. The van der Waals surface area contributed by atoms with E-state index in [1.54, 1.807) is 0 Å². The van der Waals surface area contributed by atoms with Crippen molar-refractivity contribution in [3.05, 3.63) is 48.6 Å². The van der Waals surface area contributed by atoms with Gasteiger partial charge in [0.1, 0.15) is 0 Å². The minimum absolute atomic E-state index is 0.0278. The molecule has 0 saturated carbocycles. The van der Waals surface area contributed by atoms with E-state index < -0.39 is 6.43 Å². The molecule has 3 aromatic rings. The molecule has 0 amide bonds. The monoisotopic (exact) mass is 499 g/mol. The summed E-state index contributed by atoms with van der Waals surface area (Å²) in [5.74, 6) is 0.634. The molecule has 0 aromatic carbocycles. The van der Waals surface area contributed by atoms with Crippen molar-refractivity contribution in [2.45, 2.75) is 73.3 Å². The van der Waals surface area contributed by atoms with Crippen molar-refractivity contribution in [1.82, 2.24) is 24.5 Å². The zero-order valence-corrected chi connectivity index (χ0v) is 22.5. The Balaban J connectivity index is 0.000000583. The van der Waals surface area contributed by atoms with E-state index in [2.05, 4.69) is 38.9 Å². The van der Waals surface area contributed by atoms with E-state index in [1.165, 1.54) is 6.92 Å². The van der Waals surface area contributed by atoms with Gasteiger partial charge in [0, 0.05) is 55.6 Å². The number of aryl methyl sites for hydroxylation is 1. The highest BCUT2D eigenvalue weighted by molar-refractivity contribution is 5.83. The van der Waals surface area contributed by atoms with Gasteiger partial charge in [-0.05, 0) is 45.4 Å². The van der Waals surface area contributed by atoms with Crippen LogP contribution in [0.25, 0.3) is 16.8 Å². The number of pyridine rings is 1. The average molecular weight is 500 g/mol. The molecule has 0 bridgehead atoms. The van der Waals surface area contributed by atoms with Crippen LogP contribution in [0.3, 0.4) is 0 Å². The summed E-state index contributed by atoms with van der Waals surface area (Å²) in [4.78, 5) is 16.0. The number of nitrogens with one attached hydrogen (secondary N) is 1. The van der Waals surface area contributed by atoms with Gasteiger partial charge in [-0.15, -0.1) is 5.10 Å². The maximum atomic E-state index is 10.8. The van der Waals surface area contributed by atoms with Gasteiger partial charge in [0.25, 0.3) is 0 Å². The van der Waals surface area contributed by atoms with Crippen LogP contribution in [0.5, 0.6) is 0 Å². The number of nitrogens with zero attached hydrogens (tertiary/aromatic N) is 6. The van der Waals surface area contributed by atoms with Crippen molar-refractivity contribution in [1.29, 1.82) is 0 Å². The van der Waals surface area contributed by atoms with Crippen LogP contribution < -0.4 is 5.32 Å². The Morgan fingerprint density at radius 3 is 2.53 bits per heavy atom. The highest BCUT2D eigenvalue weighted by Crippen LogP contribution is 2.27. The Labute approximate surface area is 213 Å². The molecule has 196 valence electrons. The summed E-state index contributed by atoms with van der Waals surface area (Å²) in [7, 11) is 2.08. The minimum atomic E-state index is -2.12. The predicted octanol–water partition coefficient (Wildman–Crippen LogP) is 6.92. The number of hydrogen-bond donors (Lipinski definition) is 1. The summed E-state index contributed by atoms with van der Waals surface area (Å²) in [6.07, 6.45) is 3.61. The number of piperidine rings is 1. The third kappa shape index (κ3) is 7.83. The van der Waals surface area contributed by atoms with E-state index in [4.69, 9.17) is 4.98 Å². The quantitative estimate of drug-likeness (QED) is 0.386. The fourth-order valence-corrected chi connectivity index (χ4v) is 3.60. The van der Waals surface area contributed by atoms with Crippen molar-refractivity contribution in [3.63, 3.8) is 0 Å². The molecule has 4 rings (SSSR count). The van der Waals surface area contributed by atoms with Crippen LogP contribution >= 0.6 is 0 Å². The summed E-state index contributed by atoms with van der Waals surface area (Å²) in [6, 6.07) is 6.35. The van der Waals surface area contributed by atoms with Gasteiger partial charge in [-0.3, -0.25) is 9.98 Å². The van der Waals surface area contributed by atoms with Crippen LogP contribution in [0.1, 0.15) is 59.6 Å². The van der Waals surface area contributed by atoms with Gasteiger partial charge in [0.15, 0.2) is 0 Å². The number of fused-ring (bicyclic) bond motifs is 1. The Kier molecular flexibility index (Phi) is 11.0. The van der Waals surface area contributed by atoms with Crippen LogP contribution in [0, 0.1) is 6.92 Å². The third-order valence-corrected chi connectivity index (χ3v) is 5.57. The zero-order valence-electron chi connectivity index (χ0n) is 22.5. The van der Waals surface area contributed by atoms with Crippen LogP contribution in [0.4, 0.5) is 20.4 Å². The first kappa shape index (κ1) is 28.9. The molecule has 7 nitrogen and oxygen atoms in total. The number of anilines is 1. The lowest BCUT2D eigenvalue weighted by Crippen LogP contribution is -2.35. The number of likely N-dealkylation sites (tertiary alicyclic amines) is 1. The lowest BCUT2D eigenvalue weighted by Gasteiger charge is -2.32. The molecule has 1 N–H and O–H groups in total. The van der Waals surface area contributed by atoms with E-state index in [-0.39, 0.29) is 6.42 Å². The summed E-state index contributed by atoms with van der Waals surface area (Å²) in [5, 5.41) is 8.09. The predicted molar refractivity (Wildman–Crippen MR) is 145 cm³/mol. The topological polar surface area (TPSA) is 70.7 Å². The van der Waals surface area contributed by atoms with Crippen LogP contribution in [-0.4, -0.2) is 56.3 Å². The third-order valence-electron chi connectivity index (χ3n) is 5.57. The molecule has 9 heteroatoms. The highest BCUT2D eigenvalue weighted by atomic mass is 19.3. The molecule has 1 saturated heterocycles. The van der Waals surface area contributed by atoms with E-state index in [1.807, 2.05) is 69.7 Å². The molecule has 1 atom stereocenters. The van der Waals surface area contributed by atoms with Crippen LogP contribution in [0.2, 0.25) is 0 Å². The summed E-state index contributed by atoms with van der Waals surface area (Å²) in [6.45, 7) is 16.5. The van der Waals surface area contributed by atoms with E-state index in [0.29, 0.717) is 12.0 Å². The van der Waals surface area contributed by atoms with Gasteiger partial charge >= 0.3 is 0 Å². The number of halogens is 2. The highest BCUT2D eigenvalue weighted by Gasteiger charge is 2.20. The Morgan fingerprint density at radius 1 is 1.25 bits per heavy atom. The van der Waals surface area contributed by atoms with Crippen LogP contribution in [-0.2, 0) is 0 Å². The molecule has 4 heterocycles. The van der Waals surface area contributed by atoms with E-state index >= 15 is 0 Å². The largest absolute Gasteiger partial charge is 0.378 e. The zero-order chi connectivity index (χ0) is 26.8. The Hall–Kier alpha value is -3.36. The SMILES string of the molecule is C=C1CC(Nc2ncc3c(-c4ccc(N=C(C)C)c(C)n4)ccn3n2)CCN1C.CC.CCC(F)F. The Morgan fingerprint density at radius 2 is 1.94 bits per heavy atom. The normalized spacial score (nSPS) is 15.1. The molecule has 0 radical (unpaired) electrons. The lowest BCUT2D eigenvalue weighted by molar-refractivity contribution is 0.144. The van der Waals surface area contributed by atoms with Crippen molar-refractivity contribution < 1.29 is 8.78 Å². The van der Waals surface area contributed by atoms with Gasteiger partial charge in [0.05, 0.1) is 28.8 Å². The number of rotatable bonds is 5. The van der Waals surface area contributed by atoms with Crippen molar-refractivity contribution in [3.8, 4) is 11.3 Å². The minimum Gasteiger partial charge on any atom is -0.378 e. The number of hydrogen-bond acceptors (Lipinski definition) is 6. The molecule has 0 aliphatic carbocycles. The fraction of sp³-hybridized carbons (Fsp3) is 0.481. The Bertz CT molecular complexity index is 1170. The molecule has 0 spiro atoms. The van der Waals surface area contributed by atoms with Gasteiger partial charge in [-0.25, -0.2) is 18.3 Å². The molecule has 3 aromatic heterocycles. The maximum absolute atomic E-state index is 10.8. The van der Waals surface area contributed by atoms with Gasteiger partial charge in [0.2, 0.25) is 12.4 Å². The second-order valence-electron chi connectivity index (χ2n) is 8.62. The summed E-state index contributed by atoms with van der Waals surface area (Å²) in [5.41, 5.74) is 6.80. The molecule has 36 heavy (non-hydrogen) atoms. The smallest absolute Gasteiger partial charge is 0.241 e. The van der Waals surface area contributed by atoms with Crippen molar-refractivity contribution in [2.24, 2.45) is 4.99 Å². The number of aliphatic imine (C=N–C) groups is 1. The van der Waals surface area contributed by atoms with Gasteiger partial charge in [-0.1, -0.05) is 27.4 Å². The van der Waals surface area contributed by atoms with E-state index in [0.717, 1.165) is 59.0 Å². The molecule has 1 aliphatic heterocycles. The average Bonchev–Trinajstić information content (AvgIpc) is 3.27. The fourth-order valence-electron chi connectivity index (χ4n) is 3.60. The molecule has 1 unspecified atom stereocenters. The second kappa shape index (κ2) is 13.7. The molecule has 1 aliphatic rings. The summed E-state index contributed by atoms with van der Waals surface area (Å²) < 4.78 is 23.4. The maximum Gasteiger partial charge on any atom is 0.241 e. The number of aromatic nitrogens is 4. The number of alkyl halides is 2. The molecular weight excluding hydrogens is 460 g/mol. The van der Waals surface area contributed by atoms with Crippen LogP contribution in [0.15, 0.2) is 47.9 Å². The van der Waals surface area contributed by atoms with Gasteiger partial charge < -0.3 is 10.2 Å². The van der Waals surface area contributed by atoms with Gasteiger partial charge in [-0.2, -0.15) is 0 Å². The molecular formula is C27H39F2N7. The first-order chi connectivity index (χ1) is 17.2. The standard InChI is InChI=1S/C22H27N7.C3H6F2.C2H6/c1-14(2)24-19-6-7-20(25-16(19)4)18-9-11-29-21(18)13-23-22(27-29)26-17-8-10-28(5)15(3)12-17;1-2-3(4)5;1-2/h6-7,9,11,13,17H,3,8,10,12H2,1-2,4-5H3,(H,26,27);3H,2H2,1H3;1-2H3. The summed E-state index contributed by atoms with van der Waals surface area (Å²) >= 11 is 0. The van der Waals surface area contributed by atoms with E-state index in [9.17, 15) is 8.78 Å². The first-order valence-corrected chi connectivity index (χ1v) is 12.5.